The highest BCUT2D eigenvalue weighted by atomic mass is 35.5. The Hall–Kier alpha value is -0.730. The lowest BCUT2D eigenvalue weighted by Gasteiger charge is -2.31. The van der Waals surface area contributed by atoms with Crippen LogP contribution in [0.1, 0.15) is 37.7 Å². The molecule has 1 saturated carbocycles. The first kappa shape index (κ1) is 12.7. The summed E-state index contributed by atoms with van der Waals surface area (Å²) in [6.45, 7) is 0.718. The van der Waals surface area contributed by atoms with E-state index >= 15 is 0 Å². The van der Waals surface area contributed by atoms with Crippen molar-refractivity contribution >= 4 is 11.6 Å². The van der Waals surface area contributed by atoms with E-state index in [1.54, 1.807) is 7.11 Å². The largest absolute Gasteiger partial charge is 0.496 e. The van der Waals surface area contributed by atoms with Gasteiger partial charge in [0.2, 0.25) is 0 Å². The summed E-state index contributed by atoms with van der Waals surface area (Å²) in [5.41, 5.74) is 7.22. The minimum atomic E-state index is 0.186. The standard InChI is InChI=1S/C14H20ClNO/c1-17-13-5-4-11(15)10-12(13)14(8-9-16)6-2-3-7-14/h4-5,10H,2-3,6-9,16H2,1H3. The monoisotopic (exact) mass is 253 g/mol. The van der Waals surface area contributed by atoms with E-state index in [4.69, 9.17) is 22.1 Å². The maximum atomic E-state index is 6.13. The van der Waals surface area contributed by atoms with Gasteiger partial charge in [-0.25, -0.2) is 0 Å². The average molecular weight is 254 g/mol. The number of rotatable bonds is 4. The number of benzene rings is 1. The van der Waals surface area contributed by atoms with Gasteiger partial charge in [0.1, 0.15) is 5.75 Å². The van der Waals surface area contributed by atoms with Crippen LogP contribution in [-0.4, -0.2) is 13.7 Å². The molecular formula is C14H20ClNO. The van der Waals surface area contributed by atoms with Crippen LogP contribution in [0, 0.1) is 0 Å². The van der Waals surface area contributed by atoms with Crippen molar-refractivity contribution < 1.29 is 4.74 Å². The maximum absolute atomic E-state index is 6.13. The first-order chi connectivity index (χ1) is 8.22. The minimum Gasteiger partial charge on any atom is -0.496 e. The summed E-state index contributed by atoms with van der Waals surface area (Å²) >= 11 is 6.13. The van der Waals surface area contributed by atoms with Gasteiger partial charge in [0.15, 0.2) is 0 Å². The van der Waals surface area contributed by atoms with Gasteiger partial charge in [-0.05, 0) is 44.0 Å². The number of nitrogens with two attached hydrogens (primary N) is 1. The molecule has 0 spiro atoms. The van der Waals surface area contributed by atoms with Crippen molar-refractivity contribution in [1.29, 1.82) is 0 Å². The zero-order chi connectivity index (χ0) is 12.3. The SMILES string of the molecule is COc1ccc(Cl)cc1C1(CCN)CCCC1. The maximum Gasteiger partial charge on any atom is 0.122 e. The van der Waals surface area contributed by atoms with E-state index in [0.29, 0.717) is 0 Å². The summed E-state index contributed by atoms with van der Waals surface area (Å²) < 4.78 is 5.48. The summed E-state index contributed by atoms with van der Waals surface area (Å²) in [6, 6.07) is 5.91. The molecular weight excluding hydrogens is 234 g/mol. The fraction of sp³-hybridized carbons (Fsp3) is 0.571. The molecule has 2 N–H and O–H groups in total. The van der Waals surface area contributed by atoms with Crippen molar-refractivity contribution in [3.8, 4) is 5.75 Å². The number of hydrogen-bond donors (Lipinski definition) is 1. The number of methoxy groups -OCH3 is 1. The molecule has 1 aromatic carbocycles. The van der Waals surface area contributed by atoms with E-state index in [9.17, 15) is 0 Å². The average Bonchev–Trinajstić information content (AvgIpc) is 2.79. The minimum absolute atomic E-state index is 0.186. The zero-order valence-corrected chi connectivity index (χ0v) is 11.1. The van der Waals surface area contributed by atoms with E-state index in [2.05, 4.69) is 6.07 Å². The third-order valence-corrected chi connectivity index (χ3v) is 4.15. The normalized spacial score (nSPS) is 18.3. The summed E-state index contributed by atoms with van der Waals surface area (Å²) in [4.78, 5) is 0. The molecule has 0 heterocycles. The molecule has 2 nitrogen and oxygen atoms in total. The molecule has 17 heavy (non-hydrogen) atoms. The van der Waals surface area contributed by atoms with Crippen LogP contribution in [0.3, 0.4) is 0 Å². The Morgan fingerprint density at radius 1 is 1.35 bits per heavy atom. The van der Waals surface area contributed by atoms with E-state index < -0.39 is 0 Å². The van der Waals surface area contributed by atoms with Crippen LogP contribution in [0.5, 0.6) is 5.75 Å². The van der Waals surface area contributed by atoms with Crippen LogP contribution < -0.4 is 10.5 Å². The molecule has 1 fully saturated rings. The number of hydrogen-bond acceptors (Lipinski definition) is 2. The topological polar surface area (TPSA) is 35.2 Å². The Balaban J connectivity index is 2.44. The molecule has 2 rings (SSSR count). The highest BCUT2D eigenvalue weighted by Crippen LogP contribution is 2.47. The molecule has 1 aliphatic carbocycles. The van der Waals surface area contributed by atoms with Crippen molar-refractivity contribution in [3.05, 3.63) is 28.8 Å². The Morgan fingerprint density at radius 2 is 2.06 bits per heavy atom. The molecule has 0 bridgehead atoms. The molecule has 0 saturated heterocycles. The number of ether oxygens (including phenoxy) is 1. The fourth-order valence-corrected chi connectivity index (χ4v) is 3.25. The lowest BCUT2D eigenvalue weighted by Crippen LogP contribution is -2.26. The van der Waals surface area contributed by atoms with Crippen LogP contribution in [0.4, 0.5) is 0 Å². The second kappa shape index (κ2) is 5.28. The molecule has 1 aromatic rings. The fourth-order valence-electron chi connectivity index (χ4n) is 3.08. The van der Waals surface area contributed by atoms with Crippen molar-refractivity contribution in [1.82, 2.24) is 0 Å². The highest BCUT2D eigenvalue weighted by molar-refractivity contribution is 6.30. The summed E-state index contributed by atoms with van der Waals surface area (Å²) in [5.74, 6) is 0.949. The highest BCUT2D eigenvalue weighted by Gasteiger charge is 2.37. The van der Waals surface area contributed by atoms with Crippen LogP contribution in [-0.2, 0) is 5.41 Å². The van der Waals surface area contributed by atoms with Crippen LogP contribution >= 0.6 is 11.6 Å². The van der Waals surface area contributed by atoms with Gasteiger partial charge < -0.3 is 10.5 Å². The first-order valence-electron chi connectivity index (χ1n) is 6.26. The molecule has 3 heteroatoms. The Kier molecular flexibility index (Phi) is 3.95. The summed E-state index contributed by atoms with van der Waals surface area (Å²) in [6.07, 6.45) is 5.96. The quantitative estimate of drug-likeness (QED) is 0.891. The van der Waals surface area contributed by atoms with E-state index in [0.717, 1.165) is 23.7 Å². The molecule has 0 aromatic heterocycles. The lowest BCUT2D eigenvalue weighted by atomic mass is 9.75. The van der Waals surface area contributed by atoms with Crippen LogP contribution in [0.25, 0.3) is 0 Å². The summed E-state index contributed by atoms with van der Waals surface area (Å²) in [5, 5.41) is 0.782. The zero-order valence-electron chi connectivity index (χ0n) is 10.3. The van der Waals surface area contributed by atoms with Crippen molar-refractivity contribution in [3.63, 3.8) is 0 Å². The second-order valence-electron chi connectivity index (χ2n) is 4.87. The van der Waals surface area contributed by atoms with Gasteiger partial charge in [-0.2, -0.15) is 0 Å². The van der Waals surface area contributed by atoms with Gasteiger partial charge in [-0.3, -0.25) is 0 Å². The second-order valence-corrected chi connectivity index (χ2v) is 5.31. The molecule has 0 amide bonds. The Bertz CT molecular complexity index is 386. The van der Waals surface area contributed by atoms with Gasteiger partial charge in [-0.15, -0.1) is 0 Å². The molecule has 1 aliphatic rings. The van der Waals surface area contributed by atoms with E-state index in [1.807, 2.05) is 12.1 Å². The van der Waals surface area contributed by atoms with Gasteiger partial charge in [0, 0.05) is 16.0 Å². The Morgan fingerprint density at radius 3 is 2.65 bits per heavy atom. The number of halogens is 1. The molecule has 0 radical (unpaired) electrons. The van der Waals surface area contributed by atoms with E-state index in [-0.39, 0.29) is 5.41 Å². The molecule has 0 unspecified atom stereocenters. The van der Waals surface area contributed by atoms with Crippen molar-refractivity contribution in [2.45, 2.75) is 37.5 Å². The van der Waals surface area contributed by atoms with Crippen molar-refractivity contribution in [2.24, 2.45) is 5.73 Å². The van der Waals surface area contributed by atoms with Crippen molar-refractivity contribution in [2.75, 3.05) is 13.7 Å². The van der Waals surface area contributed by atoms with Crippen LogP contribution in [0.2, 0.25) is 5.02 Å². The third-order valence-electron chi connectivity index (χ3n) is 3.92. The lowest BCUT2D eigenvalue weighted by molar-refractivity contribution is 0.362. The first-order valence-corrected chi connectivity index (χ1v) is 6.64. The van der Waals surface area contributed by atoms with E-state index in [1.165, 1.54) is 31.2 Å². The summed E-state index contributed by atoms with van der Waals surface area (Å²) in [7, 11) is 1.72. The molecule has 94 valence electrons. The van der Waals surface area contributed by atoms with Gasteiger partial charge >= 0.3 is 0 Å². The third kappa shape index (κ3) is 2.43. The predicted molar refractivity (Wildman–Crippen MR) is 71.8 cm³/mol. The van der Waals surface area contributed by atoms with Gasteiger partial charge in [0.25, 0.3) is 0 Å². The van der Waals surface area contributed by atoms with Crippen LogP contribution in [0.15, 0.2) is 18.2 Å². The molecule has 0 atom stereocenters. The Labute approximate surface area is 108 Å². The predicted octanol–water partition coefficient (Wildman–Crippen LogP) is 3.51. The van der Waals surface area contributed by atoms with Gasteiger partial charge in [-0.1, -0.05) is 24.4 Å². The molecule has 0 aliphatic heterocycles. The van der Waals surface area contributed by atoms with Gasteiger partial charge in [0.05, 0.1) is 7.11 Å². The smallest absolute Gasteiger partial charge is 0.122 e.